The molecule has 0 bridgehead atoms. The SMILES string of the molecule is COc1ccccc1NC(=O)CNc1ccccc1C(=O)NCCc1ccccc1. The van der Waals surface area contributed by atoms with Gasteiger partial charge in [-0.2, -0.15) is 0 Å². The molecule has 3 aromatic carbocycles. The number of ether oxygens (including phenoxy) is 1. The Morgan fingerprint density at radius 2 is 1.50 bits per heavy atom. The molecule has 0 radical (unpaired) electrons. The Balaban J connectivity index is 1.55. The van der Waals surface area contributed by atoms with Crippen molar-refractivity contribution in [2.24, 2.45) is 0 Å². The highest BCUT2D eigenvalue weighted by Crippen LogP contribution is 2.23. The molecular formula is C24H25N3O3. The molecule has 0 unspecified atom stereocenters. The third-order valence-corrected chi connectivity index (χ3v) is 4.53. The van der Waals surface area contributed by atoms with Gasteiger partial charge in [0.1, 0.15) is 5.75 Å². The van der Waals surface area contributed by atoms with Crippen molar-refractivity contribution < 1.29 is 14.3 Å². The number of carbonyl (C=O) groups is 2. The molecule has 0 spiro atoms. The number of amides is 2. The maximum Gasteiger partial charge on any atom is 0.253 e. The molecule has 0 fully saturated rings. The maximum absolute atomic E-state index is 12.6. The van der Waals surface area contributed by atoms with Crippen LogP contribution in [0.3, 0.4) is 0 Å². The zero-order chi connectivity index (χ0) is 21.2. The van der Waals surface area contributed by atoms with Crippen molar-refractivity contribution in [2.75, 3.05) is 30.8 Å². The van der Waals surface area contributed by atoms with Crippen LogP contribution in [0.15, 0.2) is 78.9 Å². The van der Waals surface area contributed by atoms with E-state index in [-0.39, 0.29) is 18.4 Å². The highest BCUT2D eigenvalue weighted by molar-refractivity contribution is 6.01. The first kappa shape index (κ1) is 20.9. The highest BCUT2D eigenvalue weighted by Gasteiger charge is 2.12. The molecule has 0 heterocycles. The van der Waals surface area contributed by atoms with Crippen LogP contribution in [-0.2, 0) is 11.2 Å². The zero-order valence-electron chi connectivity index (χ0n) is 16.9. The average Bonchev–Trinajstić information content (AvgIpc) is 2.79. The molecule has 0 aliphatic rings. The summed E-state index contributed by atoms with van der Waals surface area (Å²) in [4.78, 5) is 24.9. The number of carbonyl (C=O) groups excluding carboxylic acids is 2. The van der Waals surface area contributed by atoms with Gasteiger partial charge in [0.05, 0.1) is 24.9 Å². The third kappa shape index (κ3) is 5.85. The predicted molar refractivity (Wildman–Crippen MR) is 119 cm³/mol. The molecule has 6 nitrogen and oxygen atoms in total. The molecule has 0 saturated carbocycles. The van der Waals surface area contributed by atoms with Crippen molar-refractivity contribution in [1.29, 1.82) is 0 Å². The molecule has 3 aromatic rings. The van der Waals surface area contributed by atoms with E-state index in [0.29, 0.717) is 29.2 Å². The van der Waals surface area contributed by atoms with Crippen LogP contribution < -0.4 is 20.7 Å². The molecular weight excluding hydrogens is 378 g/mol. The van der Waals surface area contributed by atoms with Crippen LogP contribution in [0, 0.1) is 0 Å². The van der Waals surface area contributed by atoms with Gasteiger partial charge >= 0.3 is 0 Å². The summed E-state index contributed by atoms with van der Waals surface area (Å²) in [7, 11) is 1.55. The van der Waals surface area contributed by atoms with Crippen molar-refractivity contribution in [3.8, 4) is 5.75 Å². The monoisotopic (exact) mass is 403 g/mol. The average molecular weight is 403 g/mol. The lowest BCUT2D eigenvalue weighted by Crippen LogP contribution is -2.28. The first-order valence-electron chi connectivity index (χ1n) is 9.75. The summed E-state index contributed by atoms with van der Waals surface area (Å²) in [5.74, 6) is 0.169. The van der Waals surface area contributed by atoms with Crippen molar-refractivity contribution in [3.05, 3.63) is 90.0 Å². The number of hydrogen-bond acceptors (Lipinski definition) is 4. The molecule has 30 heavy (non-hydrogen) atoms. The van der Waals surface area contributed by atoms with Gasteiger partial charge in [-0.3, -0.25) is 9.59 Å². The molecule has 0 atom stereocenters. The number of nitrogens with one attached hydrogen (secondary N) is 3. The van der Waals surface area contributed by atoms with Crippen molar-refractivity contribution in [3.63, 3.8) is 0 Å². The van der Waals surface area contributed by atoms with Crippen LogP contribution >= 0.6 is 0 Å². The Kier molecular flexibility index (Phi) is 7.44. The lowest BCUT2D eigenvalue weighted by molar-refractivity contribution is -0.114. The van der Waals surface area contributed by atoms with Crippen molar-refractivity contribution in [1.82, 2.24) is 5.32 Å². The fraction of sp³-hybridized carbons (Fsp3) is 0.167. The van der Waals surface area contributed by atoms with E-state index in [9.17, 15) is 9.59 Å². The Morgan fingerprint density at radius 1 is 0.833 bits per heavy atom. The summed E-state index contributed by atoms with van der Waals surface area (Å²) in [6.07, 6.45) is 0.753. The van der Waals surface area contributed by atoms with Gasteiger partial charge in [0.15, 0.2) is 0 Å². The van der Waals surface area contributed by atoms with Crippen LogP contribution in [0.4, 0.5) is 11.4 Å². The smallest absolute Gasteiger partial charge is 0.253 e. The summed E-state index contributed by atoms with van der Waals surface area (Å²) in [5, 5.41) is 8.79. The molecule has 3 N–H and O–H groups in total. The van der Waals surface area contributed by atoms with Gasteiger partial charge in [0.2, 0.25) is 5.91 Å². The van der Waals surface area contributed by atoms with Gasteiger partial charge in [0, 0.05) is 12.2 Å². The van der Waals surface area contributed by atoms with E-state index in [4.69, 9.17) is 4.74 Å². The Labute approximate surface area is 176 Å². The first-order valence-corrected chi connectivity index (χ1v) is 9.75. The summed E-state index contributed by atoms with van der Waals surface area (Å²) < 4.78 is 5.24. The minimum atomic E-state index is -0.237. The largest absolute Gasteiger partial charge is 0.495 e. The van der Waals surface area contributed by atoms with Crippen LogP contribution in [0.2, 0.25) is 0 Å². The number of hydrogen-bond donors (Lipinski definition) is 3. The quantitative estimate of drug-likeness (QED) is 0.509. The molecule has 6 heteroatoms. The van der Waals surface area contributed by atoms with Gasteiger partial charge < -0.3 is 20.7 Å². The predicted octanol–water partition coefficient (Wildman–Crippen LogP) is 3.72. The van der Waals surface area contributed by atoms with E-state index in [1.165, 1.54) is 0 Å². The van der Waals surface area contributed by atoms with Crippen LogP contribution in [0.1, 0.15) is 15.9 Å². The number of anilines is 2. The molecule has 2 amide bonds. The maximum atomic E-state index is 12.6. The van der Waals surface area contributed by atoms with Crippen molar-refractivity contribution in [2.45, 2.75) is 6.42 Å². The molecule has 0 aliphatic heterocycles. The molecule has 0 aromatic heterocycles. The molecule has 0 saturated heterocycles. The fourth-order valence-corrected chi connectivity index (χ4v) is 3.01. The van der Waals surface area contributed by atoms with E-state index in [1.807, 2.05) is 48.5 Å². The topological polar surface area (TPSA) is 79.5 Å². The molecule has 3 rings (SSSR count). The normalized spacial score (nSPS) is 10.2. The summed E-state index contributed by atoms with van der Waals surface area (Å²) in [6.45, 7) is 0.553. The fourth-order valence-electron chi connectivity index (χ4n) is 3.01. The highest BCUT2D eigenvalue weighted by atomic mass is 16.5. The lowest BCUT2D eigenvalue weighted by atomic mass is 10.1. The third-order valence-electron chi connectivity index (χ3n) is 4.53. The van der Waals surface area contributed by atoms with Crippen LogP contribution in [0.5, 0.6) is 5.75 Å². The zero-order valence-corrected chi connectivity index (χ0v) is 16.9. The second-order valence-electron chi connectivity index (χ2n) is 6.64. The van der Waals surface area contributed by atoms with Crippen LogP contribution in [0.25, 0.3) is 0 Å². The Hall–Kier alpha value is -3.80. The lowest BCUT2D eigenvalue weighted by Gasteiger charge is -2.13. The minimum absolute atomic E-state index is 0.0202. The number of methoxy groups -OCH3 is 1. The van der Waals surface area contributed by atoms with E-state index >= 15 is 0 Å². The molecule has 154 valence electrons. The van der Waals surface area contributed by atoms with Gasteiger partial charge in [-0.1, -0.05) is 54.6 Å². The van der Waals surface area contributed by atoms with E-state index in [0.717, 1.165) is 12.0 Å². The van der Waals surface area contributed by atoms with Crippen LogP contribution in [-0.4, -0.2) is 32.0 Å². The summed E-state index contributed by atoms with van der Waals surface area (Å²) in [6, 6.07) is 24.3. The number of rotatable bonds is 9. The molecule has 0 aliphatic carbocycles. The second-order valence-corrected chi connectivity index (χ2v) is 6.64. The summed E-state index contributed by atoms with van der Waals surface area (Å²) >= 11 is 0. The van der Waals surface area contributed by atoms with Gasteiger partial charge in [-0.05, 0) is 36.2 Å². The van der Waals surface area contributed by atoms with Crippen molar-refractivity contribution >= 4 is 23.2 Å². The minimum Gasteiger partial charge on any atom is -0.495 e. The number of benzene rings is 3. The van der Waals surface area contributed by atoms with E-state index < -0.39 is 0 Å². The first-order chi connectivity index (χ1) is 14.7. The van der Waals surface area contributed by atoms with Gasteiger partial charge in [-0.25, -0.2) is 0 Å². The number of para-hydroxylation sites is 3. The second kappa shape index (κ2) is 10.7. The van der Waals surface area contributed by atoms with E-state index in [2.05, 4.69) is 16.0 Å². The standard InChI is InChI=1S/C24H25N3O3/c1-30-22-14-8-7-13-21(22)27-23(28)17-26-20-12-6-5-11-19(20)24(29)25-16-15-18-9-3-2-4-10-18/h2-14,26H,15-17H2,1H3,(H,25,29)(H,27,28). The summed E-state index contributed by atoms with van der Waals surface area (Å²) in [5.41, 5.74) is 2.86. The Morgan fingerprint density at radius 3 is 2.27 bits per heavy atom. The Bertz CT molecular complexity index is 990. The van der Waals surface area contributed by atoms with Gasteiger partial charge in [0.25, 0.3) is 5.91 Å². The van der Waals surface area contributed by atoms with Gasteiger partial charge in [-0.15, -0.1) is 0 Å². The van der Waals surface area contributed by atoms with E-state index in [1.54, 1.807) is 37.4 Å².